The van der Waals surface area contributed by atoms with E-state index in [1.165, 1.54) is 12.1 Å². The zero-order valence-electron chi connectivity index (χ0n) is 14.1. The standard InChI is InChI=1S/C20H19FN2O2/c1-3-14(2)19(24)23(22)20(25)17-11-9-15(10-12-17)7-8-16-5-4-6-18(21)13-16/h4-6,9-14H,3,22H2,1-2H3. The molecule has 2 aromatic carbocycles. The molecule has 4 nitrogen and oxygen atoms in total. The Morgan fingerprint density at radius 3 is 2.36 bits per heavy atom. The molecular formula is C20H19FN2O2. The molecule has 2 N–H and O–H groups in total. The number of nitrogens with two attached hydrogens (primary N) is 1. The van der Waals surface area contributed by atoms with Crippen molar-refractivity contribution in [2.24, 2.45) is 11.8 Å². The minimum Gasteiger partial charge on any atom is -0.273 e. The normalized spacial score (nSPS) is 11.2. The van der Waals surface area contributed by atoms with Crippen molar-refractivity contribution in [2.75, 3.05) is 0 Å². The number of hydrazine groups is 1. The lowest BCUT2D eigenvalue weighted by molar-refractivity contribution is -0.132. The smallest absolute Gasteiger partial charge is 0.273 e. The highest BCUT2D eigenvalue weighted by Crippen LogP contribution is 2.10. The fraction of sp³-hybridized carbons (Fsp3) is 0.200. The van der Waals surface area contributed by atoms with E-state index >= 15 is 0 Å². The summed E-state index contributed by atoms with van der Waals surface area (Å²) in [7, 11) is 0. The zero-order valence-corrected chi connectivity index (χ0v) is 14.1. The molecule has 5 heteroatoms. The lowest BCUT2D eigenvalue weighted by Gasteiger charge is -2.18. The van der Waals surface area contributed by atoms with Gasteiger partial charge in [-0.2, -0.15) is 0 Å². The molecule has 0 saturated carbocycles. The Kier molecular flexibility index (Phi) is 6.04. The first kappa shape index (κ1) is 18.4. The Hall–Kier alpha value is -2.97. The van der Waals surface area contributed by atoms with Crippen LogP contribution in [0.25, 0.3) is 0 Å². The number of carbonyl (C=O) groups is 2. The predicted octanol–water partition coefficient (Wildman–Crippen LogP) is 3.11. The summed E-state index contributed by atoms with van der Waals surface area (Å²) in [4.78, 5) is 24.2. The fourth-order valence-electron chi connectivity index (χ4n) is 2.06. The molecule has 0 bridgehead atoms. The van der Waals surface area contributed by atoms with Crippen LogP contribution in [0.4, 0.5) is 4.39 Å². The summed E-state index contributed by atoms with van der Waals surface area (Å²) in [6.45, 7) is 3.58. The summed E-state index contributed by atoms with van der Waals surface area (Å²) in [5.74, 6) is 9.74. The van der Waals surface area contributed by atoms with Crippen LogP contribution in [0.2, 0.25) is 0 Å². The van der Waals surface area contributed by atoms with Gasteiger partial charge in [-0.05, 0) is 48.9 Å². The van der Waals surface area contributed by atoms with Crippen molar-refractivity contribution in [1.82, 2.24) is 5.01 Å². The molecule has 0 aliphatic rings. The topological polar surface area (TPSA) is 63.4 Å². The molecule has 0 aromatic heterocycles. The van der Waals surface area contributed by atoms with Crippen LogP contribution in [0, 0.1) is 23.6 Å². The van der Waals surface area contributed by atoms with Crippen molar-refractivity contribution in [1.29, 1.82) is 0 Å². The van der Waals surface area contributed by atoms with Gasteiger partial charge in [0.05, 0.1) is 0 Å². The highest BCUT2D eigenvalue weighted by molar-refractivity contribution is 6.04. The number of nitrogens with zero attached hydrogens (tertiary/aromatic N) is 1. The van der Waals surface area contributed by atoms with Crippen molar-refractivity contribution in [3.63, 3.8) is 0 Å². The maximum atomic E-state index is 13.1. The van der Waals surface area contributed by atoms with E-state index in [1.807, 2.05) is 6.92 Å². The van der Waals surface area contributed by atoms with E-state index in [9.17, 15) is 14.0 Å². The summed E-state index contributed by atoms with van der Waals surface area (Å²) < 4.78 is 13.1. The molecule has 1 unspecified atom stereocenters. The van der Waals surface area contributed by atoms with Gasteiger partial charge < -0.3 is 0 Å². The molecule has 0 heterocycles. The second-order valence-corrected chi connectivity index (χ2v) is 5.66. The Morgan fingerprint density at radius 1 is 1.12 bits per heavy atom. The largest absolute Gasteiger partial charge is 0.274 e. The SMILES string of the molecule is CCC(C)C(=O)N(N)C(=O)c1ccc(C#Cc2cccc(F)c2)cc1. The summed E-state index contributed by atoms with van der Waals surface area (Å²) >= 11 is 0. The first-order chi connectivity index (χ1) is 11.9. The van der Waals surface area contributed by atoms with Gasteiger partial charge in [-0.1, -0.05) is 31.8 Å². The Labute approximate surface area is 146 Å². The number of rotatable bonds is 3. The average Bonchev–Trinajstić information content (AvgIpc) is 2.64. The molecule has 2 amide bonds. The van der Waals surface area contributed by atoms with Crippen molar-refractivity contribution in [3.05, 3.63) is 71.0 Å². The highest BCUT2D eigenvalue weighted by atomic mass is 19.1. The van der Waals surface area contributed by atoms with Crippen LogP contribution in [-0.4, -0.2) is 16.8 Å². The summed E-state index contributed by atoms with van der Waals surface area (Å²) in [6, 6.07) is 12.4. The Morgan fingerprint density at radius 2 is 1.76 bits per heavy atom. The lowest BCUT2D eigenvalue weighted by Crippen LogP contribution is -2.45. The van der Waals surface area contributed by atoms with Gasteiger partial charge in [-0.25, -0.2) is 15.2 Å². The van der Waals surface area contributed by atoms with Crippen LogP contribution in [0.1, 0.15) is 41.8 Å². The molecule has 1 atom stereocenters. The summed E-state index contributed by atoms with van der Waals surface area (Å²) in [6.07, 6.45) is 0.606. The molecule has 128 valence electrons. The van der Waals surface area contributed by atoms with Crippen LogP contribution in [0.15, 0.2) is 48.5 Å². The minimum absolute atomic E-state index is 0.301. The number of amides is 2. The molecule has 0 aliphatic heterocycles. The van der Waals surface area contributed by atoms with E-state index in [2.05, 4.69) is 11.8 Å². The van der Waals surface area contributed by atoms with Crippen molar-refractivity contribution in [3.8, 4) is 11.8 Å². The fourth-order valence-corrected chi connectivity index (χ4v) is 2.06. The molecule has 0 saturated heterocycles. The Balaban J connectivity index is 2.12. The number of hydrogen-bond donors (Lipinski definition) is 1. The summed E-state index contributed by atoms with van der Waals surface area (Å²) in [5.41, 5.74) is 1.53. The molecule has 2 rings (SSSR count). The van der Waals surface area contributed by atoms with Crippen molar-refractivity contribution < 1.29 is 14.0 Å². The molecule has 0 spiro atoms. The van der Waals surface area contributed by atoms with E-state index in [0.29, 0.717) is 28.1 Å². The van der Waals surface area contributed by atoms with E-state index in [4.69, 9.17) is 5.84 Å². The third-order valence-corrected chi connectivity index (χ3v) is 3.80. The van der Waals surface area contributed by atoms with Gasteiger partial charge in [-0.15, -0.1) is 0 Å². The predicted molar refractivity (Wildman–Crippen MR) is 93.6 cm³/mol. The van der Waals surface area contributed by atoms with Crippen molar-refractivity contribution in [2.45, 2.75) is 20.3 Å². The molecule has 25 heavy (non-hydrogen) atoms. The van der Waals surface area contributed by atoms with E-state index in [-0.39, 0.29) is 11.7 Å². The quantitative estimate of drug-likeness (QED) is 0.405. The second kappa shape index (κ2) is 8.22. The van der Waals surface area contributed by atoms with Crippen LogP contribution in [0.3, 0.4) is 0 Å². The maximum absolute atomic E-state index is 13.1. The van der Waals surface area contributed by atoms with Gasteiger partial charge >= 0.3 is 0 Å². The van der Waals surface area contributed by atoms with Gasteiger partial charge in [0.2, 0.25) is 5.91 Å². The average molecular weight is 338 g/mol. The van der Waals surface area contributed by atoms with E-state index < -0.39 is 11.8 Å². The zero-order chi connectivity index (χ0) is 18.4. The van der Waals surface area contributed by atoms with E-state index in [1.54, 1.807) is 43.3 Å². The van der Waals surface area contributed by atoms with Gasteiger partial charge in [0, 0.05) is 22.6 Å². The highest BCUT2D eigenvalue weighted by Gasteiger charge is 2.23. The van der Waals surface area contributed by atoms with Gasteiger partial charge in [0.25, 0.3) is 5.91 Å². The lowest BCUT2D eigenvalue weighted by atomic mass is 10.1. The van der Waals surface area contributed by atoms with Crippen LogP contribution < -0.4 is 5.84 Å². The number of halogens is 1. The monoisotopic (exact) mass is 338 g/mol. The molecule has 0 radical (unpaired) electrons. The molecular weight excluding hydrogens is 319 g/mol. The van der Waals surface area contributed by atoms with Crippen molar-refractivity contribution >= 4 is 11.8 Å². The summed E-state index contributed by atoms with van der Waals surface area (Å²) in [5, 5.41) is 0.654. The van der Waals surface area contributed by atoms with Gasteiger partial charge in [0.1, 0.15) is 5.82 Å². The molecule has 2 aromatic rings. The minimum atomic E-state index is -0.560. The third kappa shape index (κ3) is 4.75. The van der Waals surface area contributed by atoms with Crippen LogP contribution >= 0.6 is 0 Å². The Bertz CT molecular complexity index is 835. The third-order valence-electron chi connectivity index (χ3n) is 3.80. The van der Waals surface area contributed by atoms with Crippen LogP contribution in [0.5, 0.6) is 0 Å². The first-order valence-corrected chi connectivity index (χ1v) is 7.93. The van der Waals surface area contributed by atoms with Crippen LogP contribution in [-0.2, 0) is 4.79 Å². The number of benzene rings is 2. The first-order valence-electron chi connectivity index (χ1n) is 7.93. The number of hydrogen-bond acceptors (Lipinski definition) is 3. The number of carbonyl (C=O) groups excluding carboxylic acids is 2. The molecule has 0 fully saturated rings. The van der Waals surface area contributed by atoms with Gasteiger partial charge in [-0.3, -0.25) is 9.59 Å². The number of imide groups is 1. The van der Waals surface area contributed by atoms with Gasteiger partial charge in [0.15, 0.2) is 0 Å². The molecule has 0 aliphatic carbocycles. The second-order valence-electron chi connectivity index (χ2n) is 5.66. The maximum Gasteiger partial charge on any atom is 0.274 e. The van der Waals surface area contributed by atoms with E-state index in [0.717, 1.165) is 0 Å².